The quantitative estimate of drug-likeness (QED) is 0.345. The van der Waals surface area contributed by atoms with E-state index >= 15 is 0 Å². The van der Waals surface area contributed by atoms with Crippen molar-refractivity contribution in [1.82, 2.24) is 20.4 Å². The van der Waals surface area contributed by atoms with E-state index in [-0.39, 0.29) is 11.7 Å². The van der Waals surface area contributed by atoms with Crippen molar-refractivity contribution in [3.8, 4) is 11.6 Å². The van der Waals surface area contributed by atoms with Crippen LogP contribution in [0.5, 0.6) is 11.6 Å². The molecular weight excluding hydrogens is 412 g/mol. The van der Waals surface area contributed by atoms with Crippen LogP contribution in [-0.2, 0) is 0 Å². The highest BCUT2D eigenvalue weighted by atomic mass is 16.6. The van der Waals surface area contributed by atoms with E-state index in [0.29, 0.717) is 16.8 Å². The number of hydrazine groups is 1. The minimum atomic E-state index is -0.679. The summed E-state index contributed by atoms with van der Waals surface area (Å²) in [5, 5.41) is 12.6. The second kappa shape index (κ2) is 8.64. The lowest BCUT2D eigenvalue weighted by molar-refractivity contribution is -0.385. The summed E-state index contributed by atoms with van der Waals surface area (Å²) in [4.78, 5) is 35.8. The summed E-state index contributed by atoms with van der Waals surface area (Å²) < 4.78 is 5.78. The van der Waals surface area contributed by atoms with E-state index in [0.717, 1.165) is 23.0 Å². The first-order valence-corrected chi connectivity index (χ1v) is 9.59. The second-order valence-electron chi connectivity index (χ2n) is 6.91. The summed E-state index contributed by atoms with van der Waals surface area (Å²) in [6.45, 7) is 3.62. The molecule has 0 aliphatic carbocycles. The number of ether oxygens (including phenoxy) is 1. The van der Waals surface area contributed by atoms with Crippen LogP contribution >= 0.6 is 0 Å². The summed E-state index contributed by atoms with van der Waals surface area (Å²) >= 11 is 0. The highest BCUT2D eigenvalue weighted by Gasteiger charge is 2.26. The van der Waals surface area contributed by atoms with Crippen LogP contribution in [0.2, 0.25) is 0 Å². The zero-order valence-electron chi connectivity index (χ0n) is 17.2. The first-order chi connectivity index (χ1) is 15.4. The largest absolute Gasteiger partial charge is 0.431 e. The predicted octanol–water partition coefficient (Wildman–Crippen LogP) is 4.10. The van der Waals surface area contributed by atoms with Crippen LogP contribution in [0.3, 0.4) is 0 Å². The van der Waals surface area contributed by atoms with Crippen LogP contribution in [0.4, 0.5) is 11.5 Å². The number of nitro groups is 1. The van der Waals surface area contributed by atoms with E-state index in [1.54, 1.807) is 37.3 Å². The molecule has 4 rings (SSSR count). The molecule has 0 saturated carbocycles. The number of rotatable bonds is 6. The van der Waals surface area contributed by atoms with Crippen molar-refractivity contribution >= 4 is 28.3 Å². The molecular formula is C22H18N6O4. The fraction of sp³-hybridized carbons (Fsp3) is 0.0909. The van der Waals surface area contributed by atoms with E-state index in [4.69, 9.17) is 4.74 Å². The third kappa shape index (κ3) is 4.15. The lowest BCUT2D eigenvalue weighted by Gasteiger charge is -2.12. The molecule has 0 atom stereocenters. The van der Waals surface area contributed by atoms with Crippen LogP contribution in [-0.4, -0.2) is 25.8 Å². The monoisotopic (exact) mass is 430 g/mol. The van der Waals surface area contributed by atoms with Crippen LogP contribution in [0.25, 0.3) is 10.9 Å². The van der Waals surface area contributed by atoms with Gasteiger partial charge in [-0.05, 0) is 37.6 Å². The van der Waals surface area contributed by atoms with Gasteiger partial charge in [-0.2, -0.15) is 4.98 Å². The van der Waals surface area contributed by atoms with Gasteiger partial charge in [0.1, 0.15) is 11.8 Å². The van der Waals surface area contributed by atoms with Gasteiger partial charge in [0.15, 0.2) is 5.75 Å². The fourth-order valence-corrected chi connectivity index (χ4v) is 3.11. The van der Waals surface area contributed by atoms with Crippen molar-refractivity contribution in [2.24, 2.45) is 0 Å². The molecule has 0 fully saturated rings. The van der Waals surface area contributed by atoms with Gasteiger partial charge in [0.25, 0.3) is 5.91 Å². The molecule has 0 saturated heterocycles. The Morgan fingerprint density at radius 3 is 2.62 bits per heavy atom. The van der Waals surface area contributed by atoms with Gasteiger partial charge < -0.3 is 4.74 Å². The van der Waals surface area contributed by atoms with Crippen molar-refractivity contribution in [3.05, 3.63) is 87.9 Å². The van der Waals surface area contributed by atoms with Gasteiger partial charge in [0, 0.05) is 16.6 Å². The maximum absolute atomic E-state index is 12.4. The van der Waals surface area contributed by atoms with E-state index in [1.807, 2.05) is 31.2 Å². The van der Waals surface area contributed by atoms with Crippen LogP contribution in [0.1, 0.15) is 21.6 Å². The number of carbonyl (C=O) groups excluding carboxylic acids is 1. The minimum absolute atomic E-state index is 0.216. The molecule has 0 aliphatic rings. The molecule has 2 heterocycles. The van der Waals surface area contributed by atoms with Crippen molar-refractivity contribution in [3.63, 3.8) is 0 Å². The molecule has 0 spiro atoms. The van der Waals surface area contributed by atoms with Gasteiger partial charge in [-0.1, -0.05) is 36.4 Å². The van der Waals surface area contributed by atoms with Crippen LogP contribution < -0.4 is 15.6 Å². The highest BCUT2D eigenvalue weighted by molar-refractivity contribution is 5.96. The molecule has 10 heteroatoms. The van der Waals surface area contributed by atoms with Gasteiger partial charge in [-0.15, -0.1) is 0 Å². The number of para-hydroxylation sites is 1. The summed E-state index contributed by atoms with van der Waals surface area (Å²) in [5.41, 5.74) is 6.90. The lowest BCUT2D eigenvalue weighted by atomic mass is 10.1. The molecule has 4 aromatic rings. The summed E-state index contributed by atoms with van der Waals surface area (Å²) in [7, 11) is 0. The number of nitrogens with one attached hydrogen (secondary N) is 2. The van der Waals surface area contributed by atoms with Gasteiger partial charge in [-0.3, -0.25) is 25.8 Å². The summed E-state index contributed by atoms with van der Waals surface area (Å²) in [5.74, 6) is -0.658. The molecule has 0 bridgehead atoms. The van der Waals surface area contributed by atoms with Crippen molar-refractivity contribution in [2.75, 3.05) is 5.43 Å². The van der Waals surface area contributed by atoms with Crippen LogP contribution in [0, 0.1) is 24.0 Å². The number of pyridine rings is 1. The van der Waals surface area contributed by atoms with Gasteiger partial charge in [-0.25, -0.2) is 9.97 Å². The number of aromatic nitrogens is 3. The molecule has 10 nitrogen and oxygen atoms in total. The zero-order valence-corrected chi connectivity index (χ0v) is 17.2. The number of nitrogens with zero attached hydrogens (tertiary/aromatic N) is 4. The van der Waals surface area contributed by atoms with E-state index in [9.17, 15) is 14.9 Å². The second-order valence-corrected chi connectivity index (χ2v) is 6.91. The Hall–Kier alpha value is -4.60. The maximum atomic E-state index is 12.4. The molecule has 32 heavy (non-hydrogen) atoms. The Morgan fingerprint density at radius 1 is 1.03 bits per heavy atom. The van der Waals surface area contributed by atoms with E-state index < -0.39 is 16.5 Å². The van der Waals surface area contributed by atoms with Crippen LogP contribution in [0.15, 0.2) is 60.9 Å². The standard InChI is InChI=1S/C22H18N6O4/c1-13-6-3-4-8-16(13)21(29)27-26-20-19(28(30)31)22(24-12-23-20)32-17-9-5-7-15-11-10-14(2)25-18(15)17/h3-12H,1-2H3,(H,27,29)(H,23,24,26). The highest BCUT2D eigenvalue weighted by Crippen LogP contribution is 2.36. The Bertz CT molecular complexity index is 1340. The Balaban J connectivity index is 1.65. The number of carbonyl (C=O) groups is 1. The molecule has 0 radical (unpaired) electrons. The van der Waals surface area contributed by atoms with Crippen molar-refractivity contribution in [2.45, 2.75) is 13.8 Å². The summed E-state index contributed by atoms with van der Waals surface area (Å²) in [6.07, 6.45) is 1.11. The molecule has 160 valence electrons. The topological polar surface area (TPSA) is 132 Å². The molecule has 2 N–H and O–H groups in total. The SMILES string of the molecule is Cc1ccc2cccc(Oc3ncnc(NNC(=O)c4ccccc4C)c3[N+](=O)[O-])c2n1. The number of hydrogen-bond acceptors (Lipinski definition) is 8. The molecule has 2 aromatic carbocycles. The Morgan fingerprint density at radius 2 is 1.84 bits per heavy atom. The predicted molar refractivity (Wildman–Crippen MR) is 118 cm³/mol. The van der Waals surface area contributed by atoms with Crippen molar-refractivity contribution in [1.29, 1.82) is 0 Å². The van der Waals surface area contributed by atoms with E-state index in [2.05, 4.69) is 25.8 Å². The minimum Gasteiger partial charge on any atom is -0.431 e. The van der Waals surface area contributed by atoms with Crippen molar-refractivity contribution < 1.29 is 14.5 Å². The van der Waals surface area contributed by atoms with Gasteiger partial charge in [0.2, 0.25) is 5.82 Å². The Kier molecular flexibility index (Phi) is 5.58. The number of fused-ring (bicyclic) bond motifs is 1. The average Bonchev–Trinajstić information content (AvgIpc) is 2.78. The lowest BCUT2D eigenvalue weighted by Crippen LogP contribution is -2.30. The first kappa shape index (κ1) is 20.7. The average molecular weight is 430 g/mol. The molecule has 0 unspecified atom stereocenters. The Labute approximate surface area is 182 Å². The smallest absolute Gasteiger partial charge is 0.374 e. The number of hydrogen-bond donors (Lipinski definition) is 2. The molecule has 0 aliphatic heterocycles. The normalized spacial score (nSPS) is 10.6. The molecule has 2 aromatic heterocycles. The third-order valence-electron chi connectivity index (χ3n) is 4.68. The fourth-order valence-electron chi connectivity index (χ4n) is 3.11. The zero-order chi connectivity index (χ0) is 22.7. The number of anilines is 1. The third-order valence-corrected chi connectivity index (χ3v) is 4.68. The maximum Gasteiger partial charge on any atom is 0.374 e. The summed E-state index contributed by atoms with van der Waals surface area (Å²) in [6, 6.07) is 16.0. The van der Waals surface area contributed by atoms with Gasteiger partial charge >= 0.3 is 11.6 Å². The number of amides is 1. The number of aryl methyl sites for hydroxylation is 2. The number of benzene rings is 2. The van der Waals surface area contributed by atoms with E-state index in [1.165, 1.54) is 0 Å². The first-order valence-electron chi connectivity index (χ1n) is 9.59. The van der Waals surface area contributed by atoms with Gasteiger partial charge in [0.05, 0.1) is 4.92 Å². The molecule has 1 amide bonds.